The van der Waals surface area contributed by atoms with Crippen molar-refractivity contribution in [3.63, 3.8) is 0 Å². The first-order chi connectivity index (χ1) is 8.81. The van der Waals surface area contributed by atoms with Gasteiger partial charge in [0, 0.05) is 18.3 Å². The minimum Gasteiger partial charge on any atom is -0.497 e. The zero-order valence-electron chi connectivity index (χ0n) is 10.3. The minimum atomic E-state index is 0.414. The Bertz CT molecular complexity index is 479. The van der Waals surface area contributed by atoms with E-state index in [1.165, 1.54) is 0 Å². The topological polar surface area (TPSA) is 73.2 Å². The minimum absolute atomic E-state index is 0.414. The van der Waals surface area contributed by atoms with E-state index in [0.717, 1.165) is 29.4 Å². The molecule has 1 heterocycles. The number of hydrogen-bond donors (Lipinski definition) is 2. The largest absolute Gasteiger partial charge is 0.497 e. The molecule has 0 radical (unpaired) electrons. The zero-order valence-corrected chi connectivity index (χ0v) is 10.3. The van der Waals surface area contributed by atoms with Crippen LogP contribution >= 0.6 is 0 Å². The third-order valence-corrected chi connectivity index (χ3v) is 2.53. The summed E-state index contributed by atoms with van der Waals surface area (Å²) in [5, 5.41) is 0. The van der Waals surface area contributed by atoms with Crippen molar-refractivity contribution in [3.05, 3.63) is 42.0 Å². The Balaban J connectivity index is 1.89. The highest BCUT2D eigenvalue weighted by atomic mass is 16.5. The molecule has 3 N–H and O–H groups in total. The molecule has 0 spiro atoms. The number of rotatable bonds is 6. The predicted molar refractivity (Wildman–Crippen MR) is 68.7 cm³/mol. The molecule has 0 aliphatic carbocycles. The fraction of sp³-hybridized carbons (Fsp3) is 0.308. The van der Waals surface area contributed by atoms with Crippen LogP contribution in [0.4, 0.5) is 0 Å². The monoisotopic (exact) mass is 247 g/mol. The molecule has 1 aromatic carbocycles. The lowest BCUT2D eigenvalue weighted by Gasteiger charge is -2.05. The van der Waals surface area contributed by atoms with E-state index in [-0.39, 0.29) is 0 Å². The third kappa shape index (κ3) is 3.24. The average molecular weight is 247 g/mol. The fourth-order valence-electron chi connectivity index (χ4n) is 1.59. The van der Waals surface area contributed by atoms with Gasteiger partial charge in [-0.1, -0.05) is 0 Å². The normalized spacial score (nSPS) is 10.3. The standard InChI is InChI=1S/C13H17N3O2/c1-17-11-2-4-12(5-3-11)18-9-13-15-8-10(16-13)6-7-14/h2-5,8H,6-7,9,14H2,1H3,(H,15,16). The highest BCUT2D eigenvalue weighted by Crippen LogP contribution is 2.17. The number of nitrogens with zero attached hydrogens (tertiary/aromatic N) is 1. The number of aromatic amines is 1. The molecule has 1 aromatic heterocycles. The van der Waals surface area contributed by atoms with Crippen molar-refractivity contribution in [2.75, 3.05) is 13.7 Å². The summed E-state index contributed by atoms with van der Waals surface area (Å²) in [5.74, 6) is 2.40. The number of nitrogens with one attached hydrogen (secondary N) is 1. The Kier molecular flexibility index (Phi) is 4.20. The van der Waals surface area contributed by atoms with Gasteiger partial charge in [0.1, 0.15) is 23.9 Å². The SMILES string of the molecule is COc1ccc(OCc2ncc(CCN)[nH]2)cc1. The summed E-state index contributed by atoms with van der Waals surface area (Å²) < 4.78 is 10.7. The summed E-state index contributed by atoms with van der Waals surface area (Å²) in [6.45, 7) is 1.03. The van der Waals surface area contributed by atoms with Gasteiger partial charge in [0.05, 0.1) is 7.11 Å². The average Bonchev–Trinajstić information content (AvgIpc) is 2.85. The van der Waals surface area contributed by atoms with Gasteiger partial charge in [-0.05, 0) is 30.8 Å². The number of methoxy groups -OCH3 is 1. The number of aromatic nitrogens is 2. The second-order valence-electron chi connectivity index (χ2n) is 3.86. The van der Waals surface area contributed by atoms with E-state index < -0.39 is 0 Å². The van der Waals surface area contributed by atoms with Gasteiger partial charge < -0.3 is 20.2 Å². The molecule has 0 aliphatic heterocycles. The molecule has 18 heavy (non-hydrogen) atoms. The van der Waals surface area contributed by atoms with Crippen molar-refractivity contribution in [2.24, 2.45) is 5.73 Å². The van der Waals surface area contributed by atoms with Crippen molar-refractivity contribution in [2.45, 2.75) is 13.0 Å². The molecule has 0 unspecified atom stereocenters. The van der Waals surface area contributed by atoms with Crippen molar-refractivity contribution in [1.29, 1.82) is 0 Å². The van der Waals surface area contributed by atoms with E-state index in [9.17, 15) is 0 Å². The van der Waals surface area contributed by atoms with Crippen LogP contribution in [-0.4, -0.2) is 23.6 Å². The van der Waals surface area contributed by atoms with Gasteiger partial charge in [-0.15, -0.1) is 0 Å². The number of hydrogen-bond acceptors (Lipinski definition) is 4. The maximum Gasteiger partial charge on any atom is 0.146 e. The molecule has 5 nitrogen and oxygen atoms in total. The maximum absolute atomic E-state index is 5.60. The van der Waals surface area contributed by atoms with Crippen LogP contribution in [0.1, 0.15) is 11.5 Å². The number of ether oxygens (including phenoxy) is 2. The van der Waals surface area contributed by atoms with Crippen LogP contribution in [-0.2, 0) is 13.0 Å². The van der Waals surface area contributed by atoms with Crippen LogP contribution in [0.2, 0.25) is 0 Å². The zero-order chi connectivity index (χ0) is 12.8. The molecule has 2 rings (SSSR count). The smallest absolute Gasteiger partial charge is 0.146 e. The van der Waals surface area contributed by atoms with Crippen molar-refractivity contribution in [3.8, 4) is 11.5 Å². The molecule has 96 valence electrons. The lowest BCUT2D eigenvalue weighted by Crippen LogP contribution is -2.03. The Hall–Kier alpha value is -2.01. The number of nitrogens with two attached hydrogens (primary N) is 1. The van der Waals surface area contributed by atoms with Crippen LogP contribution in [0.3, 0.4) is 0 Å². The van der Waals surface area contributed by atoms with Gasteiger partial charge in [-0.2, -0.15) is 0 Å². The molecule has 2 aromatic rings. The number of benzene rings is 1. The van der Waals surface area contributed by atoms with Crippen molar-refractivity contribution < 1.29 is 9.47 Å². The highest BCUT2D eigenvalue weighted by Gasteiger charge is 2.01. The predicted octanol–water partition coefficient (Wildman–Crippen LogP) is 1.50. The lowest BCUT2D eigenvalue weighted by atomic mass is 10.3. The molecule has 0 atom stereocenters. The van der Waals surface area contributed by atoms with E-state index in [4.69, 9.17) is 15.2 Å². The molecule has 0 saturated carbocycles. The lowest BCUT2D eigenvalue weighted by molar-refractivity contribution is 0.296. The van der Waals surface area contributed by atoms with E-state index in [0.29, 0.717) is 13.2 Å². The summed E-state index contributed by atoms with van der Waals surface area (Å²) in [6.07, 6.45) is 2.59. The van der Waals surface area contributed by atoms with Crippen LogP contribution < -0.4 is 15.2 Å². The van der Waals surface area contributed by atoms with Gasteiger partial charge in [0.2, 0.25) is 0 Å². The quantitative estimate of drug-likeness (QED) is 0.811. The van der Waals surface area contributed by atoms with Gasteiger partial charge >= 0.3 is 0 Å². The second kappa shape index (κ2) is 6.07. The summed E-state index contributed by atoms with van der Waals surface area (Å²) in [5.41, 5.74) is 6.50. The first-order valence-electron chi connectivity index (χ1n) is 5.81. The first kappa shape index (κ1) is 12.4. The molecule has 0 fully saturated rings. The van der Waals surface area contributed by atoms with Crippen LogP contribution in [0, 0.1) is 0 Å². The maximum atomic E-state index is 5.60. The number of H-pyrrole nitrogens is 1. The fourth-order valence-corrected chi connectivity index (χ4v) is 1.59. The van der Waals surface area contributed by atoms with Crippen LogP contribution in [0.15, 0.2) is 30.5 Å². The third-order valence-electron chi connectivity index (χ3n) is 2.53. The van der Waals surface area contributed by atoms with Gasteiger partial charge in [0.15, 0.2) is 0 Å². The van der Waals surface area contributed by atoms with Crippen LogP contribution in [0.5, 0.6) is 11.5 Å². The van der Waals surface area contributed by atoms with Crippen LogP contribution in [0.25, 0.3) is 0 Å². The number of imidazole rings is 1. The first-order valence-corrected chi connectivity index (χ1v) is 5.81. The molecule has 0 aliphatic rings. The summed E-state index contributed by atoms with van der Waals surface area (Å²) in [6, 6.07) is 7.44. The Morgan fingerprint density at radius 3 is 2.61 bits per heavy atom. The molecule has 5 heteroatoms. The molecule has 0 saturated heterocycles. The summed E-state index contributed by atoms with van der Waals surface area (Å²) >= 11 is 0. The summed E-state index contributed by atoms with van der Waals surface area (Å²) in [4.78, 5) is 7.39. The van der Waals surface area contributed by atoms with Gasteiger partial charge in [0.25, 0.3) is 0 Å². The summed E-state index contributed by atoms with van der Waals surface area (Å²) in [7, 11) is 1.64. The molecule has 0 bridgehead atoms. The molecular formula is C13H17N3O2. The molecule has 0 amide bonds. The highest BCUT2D eigenvalue weighted by molar-refractivity contribution is 5.31. The van der Waals surface area contributed by atoms with E-state index in [2.05, 4.69) is 9.97 Å². The Morgan fingerprint density at radius 2 is 1.94 bits per heavy atom. The van der Waals surface area contributed by atoms with E-state index in [1.54, 1.807) is 13.3 Å². The van der Waals surface area contributed by atoms with Gasteiger partial charge in [-0.3, -0.25) is 0 Å². The van der Waals surface area contributed by atoms with E-state index >= 15 is 0 Å². The second-order valence-corrected chi connectivity index (χ2v) is 3.86. The van der Waals surface area contributed by atoms with E-state index in [1.807, 2.05) is 24.3 Å². The molecular weight excluding hydrogens is 230 g/mol. The van der Waals surface area contributed by atoms with Gasteiger partial charge in [-0.25, -0.2) is 4.98 Å². The van der Waals surface area contributed by atoms with Crippen molar-refractivity contribution in [1.82, 2.24) is 9.97 Å². The Labute approximate surface area is 106 Å². The Morgan fingerprint density at radius 1 is 1.22 bits per heavy atom. The van der Waals surface area contributed by atoms with Crippen molar-refractivity contribution >= 4 is 0 Å².